The first-order valence-electron chi connectivity index (χ1n) is 7.19. The van der Waals surface area contributed by atoms with Gasteiger partial charge in [-0.05, 0) is 48.9 Å². The van der Waals surface area contributed by atoms with Crippen molar-refractivity contribution < 1.29 is 9.53 Å². The summed E-state index contributed by atoms with van der Waals surface area (Å²) in [5.41, 5.74) is 1.98. The van der Waals surface area contributed by atoms with Gasteiger partial charge in [-0.25, -0.2) is 4.79 Å². The molecule has 0 saturated carbocycles. The molecule has 2 heterocycles. The average Bonchev–Trinajstić information content (AvgIpc) is 2.93. The number of nitrogens with zero attached hydrogens (tertiary/aromatic N) is 4. The summed E-state index contributed by atoms with van der Waals surface area (Å²) in [6.45, 7) is 5.42. The van der Waals surface area contributed by atoms with Gasteiger partial charge in [0.15, 0.2) is 0 Å². The zero-order chi connectivity index (χ0) is 16.6. The number of halogens is 1. The van der Waals surface area contributed by atoms with Gasteiger partial charge in [-0.2, -0.15) is 4.68 Å². The largest absolute Gasteiger partial charge is 0.459 e. The molecule has 0 amide bonds. The van der Waals surface area contributed by atoms with Crippen LogP contribution in [-0.2, 0) is 9.53 Å². The Hall–Kier alpha value is -2.41. The van der Waals surface area contributed by atoms with E-state index in [1.807, 2.05) is 26.0 Å². The minimum atomic E-state index is -0.468. The number of esters is 1. The lowest BCUT2D eigenvalue weighted by molar-refractivity contribution is -0.143. The van der Waals surface area contributed by atoms with Crippen molar-refractivity contribution in [3.8, 4) is 0 Å². The maximum absolute atomic E-state index is 12.6. The normalized spacial score (nSPS) is 17.0. The molecule has 1 aromatic heterocycles. The first-order chi connectivity index (χ1) is 11.0. The van der Waals surface area contributed by atoms with Crippen LogP contribution in [0.5, 0.6) is 0 Å². The van der Waals surface area contributed by atoms with E-state index in [1.165, 1.54) is 0 Å². The number of aromatic nitrogens is 4. The van der Waals surface area contributed by atoms with Gasteiger partial charge in [-0.3, -0.25) is 0 Å². The maximum atomic E-state index is 12.6. The summed E-state index contributed by atoms with van der Waals surface area (Å²) in [5, 5.41) is 15.3. The lowest BCUT2D eigenvalue weighted by atomic mass is 9.96. The summed E-state index contributed by atoms with van der Waals surface area (Å²) in [7, 11) is 0. The Labute approximate surface area is 138 Å². The average molecular weight is 334 g/mol. The lowest BCUT2D eigenvalue weighted by Crippen LogP contribution is -2.30. The number of fused-ring (bicyclic) bond motifs is 1. The molecule has 0 aliphatic carbocycles. The quantitative estimate of drug-likeness (QED) is 0.869. The number of anilines is 1. The van der Waals surface area contributed by atoms with Gasteiger partial charge in [-0.1, -0.05) is 28.8 Å². The molecule has 8 heteroatoms. The molecule has 0 bridgehead atoms. The van der Waals surface area contributed by atoms with Crippen molar-refractivity contribution in [2.45, 2.75) is 32.9 Å². The van der Waals surface area contributed by atoms with E-state index in [0.29, 0.717) is 22.2 Å². The zero-order valence-corrected chi connectivity index (χ0v) is 13.7. The van der Waals surface area contributed by atoms with Crippen molar-refractivity contribution in [3.05, 3.63) is 46.1 Å². The molecule has 0 unspecified atom stereocenters. The molecule has 1 aromatic carbocycles. The van der Waals surface area contributed by atoms with Gasteiger partial charge in [0.05, 0.1) is 11.7 Å². The number of rotatable bonds is 3. The van der Waals surface area contributed by atoms with Crippen LogP contribution < -0.4 is 5.32 Å². The highest BCUT2D eigenvalue weighted by molar-refractivity contribution is 6.30. The lowest BCUT2D eigenvalue weighted by Gasteiger charge is -2.27. The van der Waals surface area contributed by atoms with Gasteiger partial charge in [0.25, 0.3) is 0 Å². The van der Waals surface area contributed by atoms with Crippen LogP contribution in [0.25, 0.3) is 0 Å². The van der Waals surface area contributed by atoms with Crippen LogP contribution in [0.3, 0.4) is 0 Å². The van der Waals surface area contributed by atoms with Crippen molar-refractivity contribution in [1.82, 2.24) is 20.2 Å². The molecule has 1 aliphatic heterocycles. The summed E-state index contributed by atoms with van der Waals surface area (Å²) >= 11 is 5.96. The molecule has 1 aliphatic rings. The van der Waals surface area contributed by atoms with Crippen LogP contribution in [0, 0.1) is 0 Å². The highest BCUT2D eigenvalue weighted by Crippen LogP contribution is 2.35. The third kappa shape index (κ3) is 2.92. The van der Waals surface area contributed by atoms with E-state index in [4.69, 9.17) is 16.3 Å². The predicted octanol–water partition coefficient (Wildman–Crippen LogP) is 2.57. The van der Waals surface area contributed by atoms with Crippen molar-refractivity contribution in [2.75, 3.05) is 5.32 Å². The second kappa shape index (κ2) is 6.00. The van der Waals surface area contributed by atoms with Crippen LogP contribution >= 0.6 is 11.6 Å². The summed E-state index contributed by atoms with van der Waals surface area (Å²) < 4.78 is 6.95. The number of carbonyl (C=O) groups is 1. The smallest absolute Gasteiger partial charge is 0.338 e. The number of benzene rings is 1. The monoisotopic (exact) mass is 333 g/mol. The number of hydrogen-bond donors (Lipinski definition) is 1. The highest BCUT2D eigenvalue weighted by atomic mass is 35.5. The Bertz CT molecular complexity index is 766. The van der Waals surface area contributed by atoms with Crippen LogP contribution in [0.4, 0.5) is 5.95 Å². The van der Waals surface area contributed by atoms with Crippen LogP contribution in [0.2, 0.25) is 5.02 Å². The van der Waals surface area contributed by atoms with Gasteiger partial charge in [0, 0.05) is 10.7 Å². The molecule has 3 rings (SSSR count). The van der Waals surface area contributed by atoms with E-state index >= 15 is 0 Å². The fourth-order valence-electron chi connectivity index (χ4n) is 2.51. The van der Waals surface area contributed by atoms with E-state index in [2.05, 4.69) is 20.8 Å². The Balaban J connectivity index is 2.10. The zero-order valence-electron chi connectivity index (χ0n) is 12.9. The van der Waals surface area contributed by atoms with Gasteiger partial charge in [0.2, 0.25) is 5.95 Å². The Morgan fingerprint density at radius 1 is 1.35 bits per heavy atom. The molecule has 7 nitrogen and oxygen atoms in total. The van der Waals surface area contributed by atoms with E-state index in [9.17, 15) is 4.79 Å². The van der Waals surface area contributed by atoms with Gasteiger partial charge in [-0.15, -0.1) is 0 Å². The minimum Gasteiger partial charge on any atom is -0.459 e. The first-order valence-corrected chi connectivity index (χ1v) is 7.57. The Kier molecular flexibility index (Phi) is 4.04. The predicted molar refractivity (Wildman–Crippen MR) is 85.0 cm³/mol. The fourth-order valence-corrected chi connectivity index (χ4v) is 2.63. The molecule has 1 atom stereocenters. The SMILES string of the molecule is CC1=C(C(=O)OC(C)C)[C@@H](c2ccc(Cl)cc2)n2nnnc2N1. The molecule has 1 N–H and O–H groups in total. The standard InChI is InChI=1S/C15H16ClN5O2/c1-8(2)23-14(22)12-9(3)17-15-18-19-20-21(15)13(12)10-4-6-11(16)7-5-10/h4-8,13H,1-3H3,(H,17,18,20)/t13-/m1/s1. The second-order valence-electron chi connectivity index (χ2n) is 5.52. The molecule has 0 fully saturated rings. The Morgan fingerprint density at radius 3 is 2.70 bits per heavy atom. The second-order valence-corrected chi connectivity index (χ2v) is 5.96. The molecule has 23 heavy (non-hydrogen) atoms. The third-order valence-electron chi connectivity index (χ3n) is 3.46. The summed E-state index contributed by atoms with van der Waals surface area (Å²) in [4.78, 5) is 12.6. The Morgan fingerprint density at radius 2 is 2.04 bits per heavy atom. The molecule has 0 spiro atoms. The summed E-state index contributed by atoms with van der Waals surface area (Å²) in [5.74, 6) is 0.0784. The number of carbonyl (C=O) groups excluding carboxylic acids is 1. The highest BCUT2D eigenvalue weighted by Gasteiger charge is 2.35. The molecule has 0 saturated heterocycles. The number of allylic oxidation sites excluding steroid dienone is 1. The molecular weight excluding hydrogens is 318 g/mol. The van der Waals surface area contributed by atoms with E-state index < -0.39 is 12.0 Å². The van der Waals surface area contributed by atoms with Crippen LogP contribution in [-0.4, -0.2) is 32.3 Å². The number of tetrazole rings is 1. The van der Waals surface area contributed by atoms with Crippen molar-refractivity contribution in [3.63, 3.8) is 0 Å². The summed E-state index contributed by atoms with van der Waals surface area (Å²) in [6, 6.07) is 6.76. The van der Waals surface area contributed by atoms with Crippen molar-refractivity contribution in [1.29, 1.82) is 0 Å². The topological polar surface area (TPSA) is 81.9 Å². The molecular formula is C15H16ClN5O2. The van der Waals surface area contributed by atoms with Crippen molar-refractivity contribution in [2.24, 2.45) is 0 Å². The molecule has 0 radical (unpaired) electrons. The van der Waals surface area contributed by atoms with E-state index in [1.54, 1.807) is 23.7 Å². The van der Waals surface area contributed by atoms with Gasteiger partial charge in [0.1, 0.15) is 6.04 Å². The van der Waals surface area contributed by atoms with Gasteiger partial charge >= 0.3 is 5.97 Å². The number of hydrogen-bond acceptors (Lipinski definition) is 6. The number of ether oxygens (including phenoxy) is 1. The maximum Gasteiger partial charge on any atom is 0.338 e. The number of nitrogens with one attached hydrogen (secondary N) is 1. The van der Waals surface area contributed by atoms with E-state index in [-0.39, 0.29) is 6.10 Å². The summed E-state index contributed by atoms with van der Waals surface area (Å²) in [6.07, 6.45) is -0.219. The minimum absolute atomic E-state index is 0.219. The van der Waals surface area contributed by atoms with Crippen LogP contribution in [0.15, 0.2) is 35.5 Å². The van der Waals surface area contributed by atoms with Crippen LogP contribution in [0.1, 0.15) is 32.4 Å². The van der Waals surface area contributed by atoms with Crippen molar-refractivity contribution >= 4 is 23.5 Å². The molecule has 2 aromatic rings. The van der Waals surface area contributed by atoms with Gasteiger partial charge < -0.3 is 10.1 Å². The fraction of sp³-hybridized carbons (Fsp3) is 0.333. The molecule has 120 valence electrons. The third-order valence-corrected chi connectivity index (χ3v) is 3.71. The first kappa shape index (κ1) is 15.5. The van der Waals surface area contributed by atoms with E-state index in [0.717, 1.165) is 5.56 Å².